The van der Waals surface area contributed by atoms with Gasteiger partial charge in [0.2, 0.25) is 0 Å². The summed E-state index contributed by atoms with van der Waals surface area (Å²) < 4.78 is 2.25. The van der Waals surface area contributed by atoms with Crippen LogP contribution in [0.2, 0.25) is 0 Å². The van der Waals surface area contributed by atoms with E-state index >= 15 is 0 Å². The van der Waals surface area contributed by atoms with Crippen molar-refractivity contribution in [2.75, 3.05) is 6.54 Å². The van der Waals surface area contributed by atoms with Crippen LogP contribution in [0.5, 0.6) is 0 Å². The zero-order chi connectivity index (χ0) is 19.3. The quantitative estimate of drug-likeness (QED) is 0.663. The third-order valence-corrected chi connectivity index (χ3v) is 6.65. The average Bonchev–Trinajstić information content (AvgIpc) is 3.33. The highest BCUT2D eigenvalue weighted by Gasteiger charge is 2.44. The average molecular weight is 390 g/mol. The number of rotatable bonds is 3. The van der Waals surface area contributed by atoms with Crippen molar-refractivity contribution in [2.45, 2.75) is 38.1 Å². The third kappa shape index (κ3) is 2.75. The van der Waals surface area contributed by atoms with Gasteiger partial charge in [0.1, 0.15) is 11.9 Å². The molecule has 3 atom stereocenters. The van der Waals surface area contributed by atoms with Crippen LogP contribution in [0.25, 0.3) is 5.82 Å². The molecule has 28 heavy (non-hydrogen) atoms. The molecule has 5 nitrogen and oxygen atoms in total. The number of pyridine rings is 2. The SMILES string of the molecule is Cc1cc([C@@H]2[C@H](c3ccccn3)N=C3S[C@@H](C)CN32)c(C)n1-c1ccccn1. The number of hydrogen-bond acceptors (Lipinski definition) is 5. The van der Waals surface area contributed by atoms with E-state index in [1.165, 1.54) is 17.0 Å². The van der Waals surface area contributed by atoms with Crippen LogP contribution in [0, 0.1) is 13.8 Å². The number of aliphatic imine (C=N–C) groups is 1. The van der Waals surface area contributed by atoms with E-state index < -0.39 is 0 Å². The van der Waals surface area contributed by atoms with E-state index in [-0.39, 0.29) is 12.1 Å². The lowest BCUT2D eigenvalue weighted by Gasteiger charge is -2.27. The Morgan fingerprint density at radius 3 is 2.54 bits per heavy atom. The number of amidine groups is 1. The van der Waals surface area contributed by atoms with Gasteiger partial charge in [-0.25, -0.2) is 4.98 Å². The third-order valence-electron chi connectivity index (χ3n) is 5.55. The van der Waals surface area contributed by atoms with Gasteiger partial charge in [-0.05, 0) is 49.7 Å². The molecule has 0 saturated carbocycles. The smallest absolute Gasteiger partial charge is 0.160 e. The molecule has 142 valence electrons. The highest BCUT2D eigenvalue weighted by molar-refractivity contribution is 8.14. The minimum atomic E-state index is 0.0221. The van der Waals surface area contributed by atoms with Crippen LogP contribution in [0.1, 0.15) is 41.7 Å². The molecule has 0 unspecified atom stereocenters. The molecule has 2 aliphatic heterocycles. The van der Waals surface area contributed by atoms with Gasteiger partial charge in [0.05, 0.1) is 11.7 Å². The summed E-state index contributed by atoms with van der Waals surface area (Å²) in [4.78, 5) is 16.8. The Morgan fingerprint density at radius 1 is 1.04 bits per heavy atom. The molecular weight excluding hydrogens is 366 g/mol. The lowest BCUT2D eigenvalue weighted by Crippen LogP contribution is -2.28. The molecule has 5 rings (SSSR count). The van der Waals surface area contributed by atoms with E-state index in [1.54, 1.807) is 0 Å². The van der Waals surface area contributed by atoms with Crippen molar-refractivity contribution in [3.8, 4) is 5.82 Å². The van der Waals surface area contributed by atoms with Gasteiger partial charge in [0, 0.05) is 35.6 Å². The van der Waals surface area contributed by atoms with Crippen LogP contribution >= 0.6 is 11.8 Å². The first kappa shape index (κ1) is 17.5. The topological polar surface area (TPSA) is 46.3 Å². The standard InChI is InChI=1S/C22H23N5S/c1-14-12-17(16(3)27(14)19-9-5-7-11-24-19)21-20(18-8-4-6-10-23-18)25-22-26(21)13-15(2)28-22/h4-12,15,20-21H,13H2,1-3H3/t15-,20-,21+/m0/s1. The van der Waals surface area contributed by atoms with Gasteiger partial charge >= 0.3 is 0 Å². The molecule has 0 aromatic carbocycles. The lowest BCUT2D eigenvalue weighted by atomic mass is 9.96. The normalized spacial score (nSPS) is 23.8. The predicted molar refractivity (Wildman–Crippen MR) is 114 cm³/mol. The number of nitrogens with zero attached hydrogens (tertiary/aromatic N) is 5. The first-order valence-electron chi connectivity index (χ1n) is 9.66. The number of aromatic nitrogens is 3. The minimum absolute atomic E-state index is 0.0221. The highest BCUT2D eigenvalue weighted by atomic mass is 32.2. The molecule has 0 bridgehead atoms. The summed E-state index contributed by atoms with van der Waals surface area (Å²) in [5.74, 6) is 0.960. The van der Waals surface area contributed by atoms with Gasteiger partial charge in [-0.3, -0.25) is 9.98 Å². The van der Waals surface area contributed by atoms with E-state index in [9.17, 15) is 0 Å². The maximum absolute atomic E-state index is 5.10. The Labute approximate surface area is 169 Å². The second-order valence-corrected chi connectivity index (χ2v) is 8.89. The van der Waals surface area contributed by atoms with Crippen LogP contribution in [-0.4, -0.2) is 36.4 Å². The van der Waals surface area contributed by atoms with Gasteiger partial charge in [-0.1, -0.05) is 30.8 Å². The number of aryl methyl sites for hydroxylation is 1. The van der Waals surface area contributed by atoms with Gasteiger partial charge in [0.25, 0.3) is 0 Å². The Bertz CT molecular complexity index is 1030. The largest absolute Gasteiger partial charge is 0.341 e. The first-order chi connectivity index (χ1) is 13.6. The number of fused-ring (bicyclic) bond motifs is 1. The van der Waals surface area contributed by atoms with Crippen LogP contribution in [0.15, 0.2) is 59.9 Å². The second kappa shape index (κ2) is 6.78. The Hall–Kier alpha value is -2.60. The van der Waals surface area contributed by atoms with Gasteiger partial charge in [-0.2, -0.15) is 0 Å². The van der Waals surface area contributed by atoms with E-state index in [2.05, 4.69) is 64.5 Å². The molecule has 2 aliphatic rings. The molecular formula is C22H23N5S. The minimum Gasteiger partial charge on any atom is -0.341 e. The highest BCUT2D eigenvalue weighted by Crippen LogP contribution is 2.48. The lowest BCUT2D eigenvalue weighted by molar-refractivity contribution is 0.320. The fourth-order valence-corrected chi connectivity index (χ4v) is 5.47. The maximum atomic E-state index is 5.10. The Morgan fingerprint density at radius 2 is 1.82 bits per heavy atom. The monoisotopic (exact) mass is 389 g/mol. The number of thioether (sulfide) groups is 1. The van der Waals surface area contributed by atoms with Crippen molar-refractivity contribution in [3.63, 3.8) is 0 Å². The fourth-order valence-electron chi connectivity index (χ4n) is 4.38. The summed E-state index contributed by atoms with van der Waals surface area (Å²) in [6.07, 6.45) is 3.71. The second-order valence-electron chi connectivity index (χ2n) is 7.49. The zero-order valence-corrected chi connectivity index (χ0v) is 17.1. The molecule has 0 spiro atoms. The molecule has 1 fully saturated rings. The molecule has 0 radical (unpaired) electrons. The molecule has 0 amide bonds. The van der Waals surface area contributed by atoms with E-state index in [1.807, 2.05) is 42.4 Å². The molecule has 3 aromatic heterocycles. The van der Waals surface area contributed by atoms with Gasteiger partial charge in [-0.15, -0.1) is 0 Å². The van der Waals surface area contributed by atoms with Crippen LogP contribution in [0.4, 0.5) is 0 Å². The van der Waals surface area contributed by atoms with Crippen LogP contribution in [0.3, 0.4) is 0 Å². The zero-order valence-electron chi connectivity index (χ0n) is 16.3. The summed E-state index contributed by atoms with van der Waals surface area (Å²) in [7, 11) is 0. The molecule has 0 aliphatic carbocycles. The summed E-state index contributed by atoms with van der Waals surface area (Å²) in [6.45, 7) is 7.64. The van der Waals surface area contributed by atoms with E-state index in [0.717, 1.165) is 23.2 Å². The molecule has 0 N–H and O–H groups in total. The van der Waals surface area contributed by atoms with Crippen molar-refractivity contribution in [1.29, 1.82) is 0 Å². The van der Waals surface area contributed by atoms with Crippen molar-refractivity contribution in [3.05, 3.63) is 77.5 Å². The van der Waals surface area contributed by atoms with Gasteiger partial charge < -0.3 is 9.47 Å². The van der Waals surface area contributed by atoms with Gasteiger partial charge in [0.15, 0.2) is 5.17 Å². The summed E-state index contributed by atoms with van der Waals surface area (Å²) in [6, 6.07) is 14.7. The summed E-state index contributed by atoms with van der Waals surface area (Å²) in [5, 5.41) is 1.71. The van der Waals surface area contributed by atoms with E-state index in [4.69, 9.17) is 4.99 Å². The molecule has 6 heteroatoms. The summed E-state index contributed by atoms with van der Waals surface area (Å²) in [5.41, 5.74) is 4.76. The maximum Gasteiger partial charge on any atom is 0.160 e. The Kier molecular flexibility index (Phi) is 4.23. The predicted octanol–water partition coefficient (Wildman–Crippen LogP) is 4.47. The van der Waals surface area contributed by atoms with Crippen molar-refractivity contribution in [1.82, 2.24) is 19.4 Å². The van der Waals surface area contributed by atoms with Crippen molar-refractivity contribution in [2.24, 2.45) is 4.99 Å². The Balaban J connectivity index is 1.63. The first-order valence-corrected chi connectivity index (χ1v) is 10.5. The van der Waals surface area contributed by atoms with Crippen molar-refractivity contribution < 1.29 is 0 Å². The number of hydrogen-bond donors (Lipinski definition) is 0. The molecule has 5 heterocycles. The van der Waals surface area contributed by atoms with Crippen molar-refractivity contribution >= 4 is 16.9 Å². The molecule has 1 saturated heterocycles. The van der Waals surface area contributed by atoms with E-state index in [0.29, 0.717) is 5.25 Å². The fraction of sp³-hybridized carbons (Fsp3) is 0.318. The summed E-state index contributed by atoms with van der Waals surface area (Å²) >= 11 is 1.88. The van der Waals surface area contributed by atoms with Crippen LogP contribution < -0.4 is 0 Å². The van der Waals surface area contributed by atoms with Crippen LogP contribution in [-0.2, 0) is 0 Å². The molecule has 3 aromatic rings.